The fourth-order valence-electron chi connectivity index (χ4n) is 2.93. The number of anilines is 1. The lowest BCUT2D eigenvalue weighted by Crippen LogP contribution is -3.11. The van der Waals surface area contributed by atoms with E-state index in [1.54, 1.807) is 57.5 Å². The molecule has 2 atom stereocenters. The van der Waals surface area contributed by atoms with Crippen LogP contribution in [0.25, 0.3) is 0 Å². The van der Waals surface area contributed by atoms with Gasteiger partial charge in [-0.15, -0.1) is 0 Å². The van der Waals surface area contributed by atoms with Crippen LogP contribution in [-0.2, 0) is 9.59 Å². The number of amides is 4. The first-order chi connectivity index (χ1) is 13.9. The van der Waals surface area contributed by atoms with Crippen molar-refractivity contribution in [2.75, 3.05) is 32.6 Å². The van der Waals surface area contributed by atoms with E-state index in [1.807, 2.05) is 18.2 Å². The molecule has 154 valence electrons. The van der Waals surface area contributed by atoms with Crippen LogP contribution in [0, 0.1) is 0 Å². The number of hydrogen-bond acceptors (Lipinski definition) is 4. The smallest absolute Gasteiger partial charge is 0.321 e. The van der Waals surface area contributed by atoms with Crippen LogP contribution >= 0.6 is 0 Å². The zero-order valence-electron chi connectivity index (χ0n) is 16.8. The summed E-state index contributed by atoms with van der Waals surface area (Å²) < 4.78 is 5.10. The predicted octanol–water partition coefficient (Wildman–Crippen LogP) is 0.735. The quantitative estimate of drug-likeness (QED) is 0.526. The third-order valence-electron chi connectivity index (χ3n) is 4.28. The molecule has 8 heteroatoms. The molecule has 4 amide bonds. The first-order valence-electron chi connectivity index (χ1n) is 9.34. The van der Waals surface area contributed by atoms with Crippen molar-refractivity contribution in [3.8, 4) is 5.75 Å². The number of carbonyl (C=O) groups is 3. The highest BCUT2D eigenvalue weighted by Crippen LogP contribution is 2.14. The Bertz CT molecular complexity index is 824. The van der Waals surface area contributed by atoms with Crippen LogP contribution in [-0.4, -0.2) is 45.1 Å². The summed E-state index contributed by atoms with van der Waals surface area (Å²) in [6.45, 7) is 2.20. The number of benzene rings is 2. The Morgan fingerprint density at radius 3 is 2.28 bits per heavy atom. The van der Waals surface area contributed by atoms with Crippen LogP contribution in [0.3, 0.4) is 0 Å². The summed E-state index contributed by atoms with van der Waals surface area (Å²) in [7, 11) is 3.31. The Morgan fingerprint density at radius 2 is 1.69 bits per heavy atom. The van der Waals surface area contributed by atoms with Crippen LogP contribution < -0.4 is 25.6 Å². The molecule has 4 N–H and O–H groups in total. The van der Waals surface area contributed by atoms with Crippen LogP contribution in [0.2, 0.25) is 0 Å². The second-order valence-corrected chi connectivity index (χ2v) is 6.49. The zero-order valence-corrected chi connectivity index (χ0v) is 16.8. The van der Waals surface area contributed by atoms with Crippen LogP contribution in [0.1, 0.15) is 18.5 Å². The SMILES string of the molecule is CCNC(=O)NC(=O)[C@H](c1ccccc1)[NH+](C)CC(=O)Nc1ccc(OC)cc1. The van der Waals surface area contributed by atoms with Crippen molar-refractivity contribution < 1.29 is 24.0 Å². The summed E-state index contributed by atoms with van der Waals surface area (Å²) in [5.41, 5.74) is 1.34. The van der Waals surface area contributed by atoms with Crippen molar-refractivity contribution in [2.24, 2.45) is 0 Å². The number of rotatable bonds is 8. The summed E-state index contributed by atoms with van der Waals surface area (Å²) in [6.07, 6.45) is 0. The van der Waals surface area contributed by atoms with Gasteiger partial charge < -0.3 is 20.3 Å². The number of ether oxygens (including phenoxy) is 1. The molecule has 1 unspecified atom stereocenters. The van der Waals surface area contributed by atoms with Gasteiger partial charge in [-0.25, -0.2) is 4.79 Å². The number of likely N-dealkylation sites (N-methyl/N-ethyl adjacent to an activating group) is 1. The number of methoxy groups -OCH3 is 1. The normalized spacial score (nSPS) is 12.4. The Labute approximate surface area is 170 Å². The average Bonchev–Trinajstić information content (AvgIpc) is 2.69. The van der Waals surface area contributed by atoms with Crippen molar-refractivity contribution in [1.82, 2.24) is 10.6 Å². The molecule has 0 bridgehead atoms. The van der Waals surface area contributed by atoms with Gasteiger partial charge in [0.1, 0.15) is 5.75 Å². The Balaban J connectivity index is 2.09. The average molecular weight is 399 g/mol. The molecule has 0 saturated carbocycles. The number of urea groups is 1. The molecule has 0 aliphatic rings. The van der Waals surface area contributed by atoms with Crippen molar-refractivity contribution in [1.29, 1.82) is 0 Å². The zero-order chi connectivity index (χ0) is 21.2. The molecule has 0 aromatic heterocycles. The molecule has 2 aromatic rings. The number of carbonyl (C=O) groups excluding carboxylic acids is 3. The second kappa shape index (κ2) is 10.8. The Kier molecular flexibility index (Phi) is 8.17. The van der Waals surface area contributed by atoms with Crippen LogP contribution in [0.4, 0.5) is 10.5 Å². The Hall–Kier alpha value is -3.39. The molecule has 0 saturated heterocycles. The third kappa shape index (κ3) is 6.62. The van der Waals surface area contributed by atoms with Gasteiger partial charge in [0.25, 0.3) is 11.8 Å². The van der Waals surface area contributed by atoms with Gasteiger partial charge in [-0.2, -0.15) is 0 Å². The van der Waals surface area contributed by atoms with Crippen molar-refractivity contribution in [3.63, 3.8) is 0 Å². The minimum atomic E-state index is -0.722. The van der Waals surface area contributed by atoms with Gasteiger partial charge in [-0.1, -0.05) is 30.3 Å². The number of nitrogens with one attached hydrogen (secondary N) is 4. The van der Waals surface area contributed by atoms with Gasteiger partial charge in [-0.05, 0) is 31.2 Å². The van der Waals surface area contributed by atoms with E-state index in [0.717, 1.165) is 0 Å². The summed E-state index contributed by atoms with van der Waals surface area (Å²) in [6, 6.07) is 14.8. The molecule has 0 spiro atoms. The van der Waals surface area contributed by atoms with E-state index in [-0.39, 0.29) is 12.5 Å². The van der Waals surface area contributed by atoms with Crippen LogP contribution in [0.15, 0.2) is 54.6 Å². The standard InChI is InChI=1S/C21H26N4O4/c1-4-22-21(28)24-20(27)19(15-8-6-5-7-9-15)25(2)14-18(26)23-16-10-12-17(29-3)13-11-16/h5-13,19H,4,14H2,1-3H3,(H,23,26)(H2,22,24,27,28)/p+1/t19-/m0/s1. The monoisotopic (exact) mass is 399 g/mol. The highest BCUT2D eigenvalue weighted by molar-refractivity contribution is 5.97. The molecule has 0 aliphatic heterocycles. The molecule has 0 fully saturated rings. The molecule has 0 radical (unpaired) electrons. The number of imide groups is 1. The summed E-state index contributed by atoms with van der Waals surface area (Å²) in [5, 5.41) is 7.68. The molecule has 8 nitrogen and oxygen atoms in total. The van der Waals surface area contributed by atoms with Gasteiger partial charge >= 0.3 is 6.03 Å². The number of quaternary nitrogens is 1. The van der Waals surface area contributed by atoms with Crippen molar-refractivity contribution >= 4 is 23.5 Å². The second-order valence-electron chi connectivity index (χ2n) is 6.49. The maximum absolute atomic E-state index is 12.7. The van der Waals surface area contributed by atoms with Crippen LogP contribution in [0.5, 0.6) is 5.75 Å². The Morgan fingerprint density at radius 1 is 1.03 bits per heavy atom. The van der Waals surface area contributed by atoms with E-state index in [4.69, 9.17) is 4.74 Å². The maximum Gasteiger partial charge on any atom is 0.321 e. The van der Waals surface area contributed by atoms with E-state index >= 15 is 0 Å². The van der Waals surface area contributed by atoms with E-state index in [0.29, 0.717) is 28.4 Å². The van der Waals surface area contributed by atoms with E-state index in [2.05, 4.69) is 16.0 Å². The van der Waals surface area contributed by atoms with Gasteiger partial charge in [0.15, 0.2) is 12.6 Å². The van der Waals surface area contributed by atoms with E-state index in [1.165, 1.54) is 0 Å². The lowest BCUT2D eigenvalue weighted by Gasteiger charge is -2.24. The van der Waals surface area contributed by atoms with E-state index < -0.39 is 18.0 Å². The largest absolute Gasteiger partial charge is 0.497 e. The van der Waals surface area contributed by atoms with Gasteiger partial charge in [-0.3, -0.25) is 14.9 Å². The predicted molar refractivity (Wildman–Crippen MR) is 110 cm³/mol. The minimum absolute atomic E-state index is 0.0361. The van der Waals surface area contributed by atoms with Gasteiger partial charge in [0.2, 0.25) is 0 Å². The fraction of sp³-hybridized carbons (Fsp3) is 0.286. The molecule has 2 aromatic carbocycles. The first-order valence-corrected chi connectivity index (χ1v) is 9.34. The topological polar surface area (TPSA) is 101 Å². The first kappa shape index (κ1) is 21.9. The van der Waals surface area contributed by atoms with Gasteiger partial charge in [0, 0.05) is 17.8 Å². The van der Waals surface area contributed by atoms with E-state index in [9.17, 15) is 14.4 Å². The lowest BCUT2D eigenvalue weighted by atomic mass is 10.0. The molecule has 29 heavy (non-hydrogen) atoms. The van der Waals surface area contributed by atoms with Crippen molar-refractivity contribution in [2.45, 2.75) is 13.0 Å². The van der Waals surface area contributed by atoms with Crippen molar-refractivity contribution in [3.05, 3.63) is 60.2 Å². The summed E-state index contributed by atoms with van der Waals surface area (Å²) in [5.74, 6) is -0.0341. The minimum Gasteiger partial charge on any atom is -0.497 e. The maximum atomic E-state index is 12.7. The highest BCUT2D eigenvalue weighted by Gasteiger charge is 2.31. The number of hydrogen-bond donors (Lipinski definition) is 4. The summed E-state index contributed by atoms with van der Waals surface area (Å²) in [4.78, 5) is 37.6. The highest BCUT2D eigenvalue weighted by atomic mass is 16.5. The molecule has 0 heterocycles. The van der Waals surface area contributed by atoms with Gasteiger partial charge in [0.05, 0.1) is 14.2 Å². The lowest BCUT2D eigenvalue weighted by molar-refractivity contribution is -0.894. The molecule has 0 aliphatic carbocycles. The third-order valence-corrected chi connectivity index (χ3v) is 4.28. The summed E-state index contributed by atoms with van der Waals surface area (Å²) >= 11 is 0. The fourth-order valence-corrected chi connectivity index (χ4v) is 2.93. The molecular weight excluding hydrogens is 372 g/mol. The molecular formula is C21H27N4O4+. The molecule has 2 rings (SSSR count).